The van der Waals surface area contributed by atoms with Crippen molar-refractivity contribution in [3.8, 4) is 0 Å². The molecule has 246 valence electrons. The second kappa shape index (κ2) is 20.5. The second-order valence-corrected chi connectivity index (χ2v) is 16.5. The first-order chi connectivity index (χ1) is 20.5. The third-order valence-electron chi connectivity index (χ3n) is 6.84. The molecule has 0 fully saturated rings. The average molecular weight is 661 g/mol. The number of hydrogen-bond donors (Lipinski definition) is 2. The lowest BCUT2D eigenvalue weighted by atomic mass is 10.1. The zero-order chi connectivity index (χ0) is 31.7. The van der Waals surface area contributed by atoms with Crippen LogP contribution in [0.3, 0.4) is 0 Å². The van der Waals surface area contributed by atoms with Crippen LogP contribution in [0.25, 0.3) is 11.2 Å². The number of ether oxygens (including phenoxy) is 2. The summed E-state index contributed by atoms with van der Waals surface area (Å²) in [5, 5.41) is 2.86. The van der Waals surface area contributed by atoms with E-state index in [1.807, 2.05) is 6.92 Å². The van der Waals surface area contributed by atoms with Crippen molar-refractivity contribution >= 4 is 51.1 Å². The number of carbonyl (C=O) groups is 1. The molecule has 0 aliphatic carbocycles. The summed E-state index contributed by atoms with van der Waals surface area (Å²) in [5.41, 5.74) is 6.99. The molecule has 2 unspecified atom stereocenters. The number of aromatic nitrogens is 4. The van der Waals surface area contributed by atoms with Crippen molar-refractivity contribution in [2.75, 3.05) is 30.2 Å². The predicted molar refractivity (Wildman–Crippen MR) is 179 cm³/mol. The molecular formula is C29H53N6O5PS2. The Hall–Kier alpha value is -1.50. The quantitative estimate of drug-likeness (QED) is 0.0788. The van der Waals surface area contributed by atoms with Gasteiger partial charge >= 0.3 is 5.97 Å². The van der Waals surface area contributed by atoms with Crippen LogP contribution in [-0.4, -0.2) is 68.2 Å². The fourth-order valence-corrected chi connectivity index (χ4v) is 7.95. The fourth-order valence-electron chi connectivity index (χ4n) is 4.51. The van der Waals surface area contributed by atoms with Crippen LogP contribution >= 0.6 is 7.52 Å². The van der Waals surface area contributed by atoms with Gasteiger partial charge in [-0.05, 0) is 39.9 Å². The third-order valence-corrected chi connectivity index (χ3v) is 11.1. The van der Waals surface area contributed by atoms with Gasteiger partial charge in [-0.1, -0.05) is 75.9 Å². The number of anilines is 1. The molecular weight excluding hydrogens is 607 g/mol. The van der Waals surface area contributed by atoms with Crippen molar-refractivity contribution in [2.45, 2.75) is 124 Å². The first-order valence-corrected chi connectivity index (χ1v) is 19.9. The first kappa shape index (κ1) is 37.7. The molecule has 0 aliphatic rings. The Bertz CT molecular complexity index is 1170. The molecule has 2 rings (SSSR count). The summed E-state index contributed by atoms with van der Waals surface area (Å²) in [6, 6.07) is -0.835. The van der Waals surface area contributed by atoms with Crippen molar-refractivity contribution in [1.29, 1.82) is 0 Å². The molecule has 2 aromatic heterocycles. The van der Waals surface area contributed by atoms with Crippen LogP contribution in [0.5, 0.6) is 0 Å². The summed E-state index contributed by atoms with van der Waals surface area (Å²) in [4.78, 5) is 24.9. The molecule has 2 aromatic rings. The van der Waals surface area contributed by atoms with Gasteiger partial charge in [0.05, 0.1) is 31.7 Å². The molecule has 0 amide bonds. The van der Waals surface area contributed by atoms with E-state index < -0.39 is 19.5 Å². The van der Waals surface area contributed by atoms with Crippen LogP contribution in [0.1, 0.15) is 98.8 Å². The Morgan fingerprint density at radius 2 is 1.67 bits per heavy atom. The molecule has 4 atom stereocenters. The molecule has 14 heteroatoms. The van der Waals surface area contributed by atoms with E-state index in [1.165, 1.54) is 64.1 Å². The summed E-state index contributed by atoms with van der Waals surface area (Å²) in [6.45, 7) is 9.86. The third kappa shape index (κ3) is 14.9. The van der Waals surface area contributed by atoms with Gasteiger partial charge in [0.2, 0.25) is 0 Å². The minimum absolute atomic E-state index is 0.221. The van der Waals surface area contributed by atoms with Gasteiger partial charge in [-0.2, -0.15) is 0 Å². The first-order valence-electron chi connectivity index (χ1n) is 15.6. The van der Waals surface area contributed by atoms with Crippen molar-refractivity contribution in [2.24, 2.45) is 0 Å². The number of carbonyl (C=O) groups excluding carboxylic acids is 1. The van der Waals surface area contributed by atoms with Gasteiger partial charge < -0.3 is 24.3 Å². The standard InChI is InChI=1S/C29H53N6O5PS2/c1-6-7-8-9-10-11-12-13-14-15-17-43(42)18-16-39-41(37,34-25(5)29(36)40-23(2)3)22-38-24(4)19-35-21-33-26-27(30)31-20-32-28(26)35/h20-21,23-25H,6-19,22H2,1-5H3,(H,34,37)(H2,30,31,32)/t24-,25+,41?,43?/m1/s1. The van der Waals surface area contributed by atoms with E-state index in [2.05, 4.69) is 27.0 Å². The maximum absolute atomic E-state index is 13.8. The van der Waals surface area contributed by atoms with E-state index in [-0.39, 0.29) is 34.6 Å². The van der Waals surface area contributed by atoms with E-state index in [4.69, 9.17) is 30.9 Å². The van der Waals surface area contributed by atoms with Crippen LogP contribution < -0.4 is 10.8 Å². The molecule has 2 heterocycles. The molecule has 0 aliphatic heterocycles. The number of imidazole rings is 1. The van der Waals surface area contributed by atoms with Crippen molar-refractivity contribution in [3.05, 3.63) is 12.7 Å². The lowest BCUT2D eigenvalue weighted by Gasteiger charge is -2.25. The van der Waals surface area contributed by atoms with Crippen molar-refractivity contribution in [3.63, 3.8) is 0 Å². The zero-order valence-electron chi connectivity index (χ0n) is 26.7. The largest absolute Gasteiger partial charge is 0.462 e. The van der Waals surface area contributed by atoms with Gasteiger partial charge in [0.25, 0.3) is 7.52 Å². The lowest BCUT2D eigenvalue weighted by Crippen LogP contribution is -2.36. The summed E-state index contributed by atoms with van der Waals surface area (Å²) in [7, 11) is -3.82. The maximum Gasteiger partial charge on any atom is 0.323 e. The highest BCUT2D eigenvalue weighted by Crippen LogP contribution is 2.43. The highest BCUT2D eigenvalue weighted by atomic mass is 32.8. The van der Waals surface area contributed by atoms with Crippen LogP contribution in [-0.2, 0) is 50.5 Å². The molecule has 0 radical (unpaired) electrons. The van der Waals surface area contributed by atoms with Crippen molar-refractivity contribution < 1.29 is 23.4 Å². The molecule has 11 nitrogen and oxygen atoms in total. The van der Waals surface area contributed by atoms with Gasteiger partial charge in [-0.25, -0.2) is 20.0 Å². The minimum atomic E-state index is -3.57. The Labute approximate surface area is 264 Å². The smallest absolute Gasteiger partial charge is 0.323 e. The van der Waals surface area contributed by atoms with Crippen molar-refractivity contribution in [1.82, 2.24) is 24.6 Å². The van der Waals surface area contributed by atoms with Gasteiger partial charge in [-0.3, -0.25) is 9.36 Å². The summed E-state index contributed by atoms with van der Waals surface area (Å²) >= 11 is 5.69. The average Bonchev–Trinajstić information content (AvgIpc) is 3.36. The predicted octanol–water partition coefficient (Wildman–Crippen LogP) is 5.91. The Kier molecular flexibility index (Phi) is 18.0. The summed E-state index contributed by atoms with van der Waals surface area (Å²) in [5.74, 6) is 1.39. The highest BCUT2D eigenvalue weighted by molar-refractivity contribution is 8.28. The number of fused-ring (bicyclic) bond motifs is 1. The number of nitrogens with two attached hydrogens (primary N) is 1. The number of nitrogen functional groups attached to an aromatic ring is 1. The minimum Gasteiger partial charge on any atom is -0.462 e. The second-order valence-electron chi connectivity index (χ2n) is 11.3. The van der Waals surface area contributed by atoms with Gasteiger partial charge in [-0.15, -0.1) is 9.45 Å². The van der Waals surface area contributed by atoms with Crippen LogP contribution in [0.2, 0.25) is 0 Å². The topological polar surface area (TPSA) is 143 Å². The molecule has 43 heavy (non-hydrogen) atoms. The van der Waals surface area contributed by atoms with Crippen LogP contribution in [0.15, 0.2) is 12.7 Å². The number of esters is 1. The number of nitrogens with zero attached hydrogens (tertiary/aromatic N) is 4. The SMILES string of the molecule is CCCCCCCCCCCCS(=S)CCOP(=O)(CO[C@H](C)Cn1cnc2c(N)ncnc21)N[C@@H](C)C(=O)OC(C)C. The molecule has 0 saturated heterocycles. The molecule has 0 aromatic carbocycles. The van der Waals surface area contributed by atoms with E-state index in [1.54, 1.807) is 31.7 Å². The van der Waals surface area contributed by atoms with E-state index in [0.29, 0.717) is 29.3 Å². The number of unbranched alkanes of at least 4 members (excludes halogenated alkanes) is 9. The summed E-state index contributed by atoms with van der Waals surface area (Å²) < 4.78 is 32.8. The van der Waals surface area contributed by atoms with E-state index >= 15 is 0 Å². The Morgan fingerprint density at radius 3 is 2.33 bits per heavy atom. The molecule has 0 spiro atoms. The normalized spacial score (nSPS) is 15.4. The van der Waals surface area contributed by atoms with Crippen LogP contribution in [0, 0.1) is 0 Å². The number of hydrogen-bond acceptors (Lipinski definition) is 10. The van der Waals surface area contributed by atoms with Gasteiger partial charge in [0.15, 0.2) is 11.5 Å². The molecule has 3 N–H and O–H groups in total. The van der Waals surface area contributed by atoms with Gasteiger partial charge in [0.1, 0.15) is 24.2 Å². The maximum atomic E-state index is 13.8. The monoisotopic (exact) mass is 660 g/mol. The number of nitrogens with one attached hydrogen (secondary N) is 1. The lowest BCUT2D eigenvalue weighted by molar-refractivity contribution is -0.149. The zero-order valence-corrected chi connectivity index (χ0v) is 29.2. The van der Waals surface area contributed by atoms with E-state index in [0.717, 1.165) is 12.2 Å². The Balaban J connectivity index is 1.82. The van der Waals surface area contributed by atoms with Gasteiger partial charge in [0, 0.05) is 5.75 Å². The highest BCUT2D eigenvalue weighted by Gasteiger charge is 2.31. The van der Waals surface area contributed by atoms with E-state index in [9.17, 15) is 9.36 Å². The fraction of sp³-hybridized carbons (Fsp3) is 0.793. The molecule has 0 bridgehead atoms. The molecule has 0 saturated carbocycles. The Morgan fingerprint density at radius 1 is 1.02 bits per heavy atom. The summed E-state index contributed by atoms with van der Waals surface area (Å²) in [6.07, 6.45) is 15.0. The van der Waals surface area contributed by atoms with Crippen LogP contribution in [0.4, 0.5) is 5.82 Å². The number of rotatable bonds is 24.